The number of para-hydroxylation sites is 1. The van der Waals surface area contributed by atoms with E-state index in [1.54, 1.807) is 0 Å². The summed E-state index contributed by atoms with van der Waals surface area (Å²) in [5.41, 5.74) is 6.97. The number of nitrogens with zero attached hydrogens (tertiary/aromatic N) is 1. The second kappa shape index (κ2) is 6.39. The van der Waals surface area contributed by atoms with Gasteiger partial charge in [0.05, 0.1) is 5.69 Å². The number of anilines is 1. The summed E-state index contributed by atoms with van der Waals surface area (Å²) >= 11 is 3.38. The van der Waals surface area contributed by atoms with Crippen LogP contribution in [0.1, 0.15) is 18.9 Å². The van der Waals surface area contributed by atoms with Gasteiger partial charge in [0, 0.05) is 11.0 Å². The molecule has 98 valence electrons. The third-order valence-electron chi connectivity index (χ3n) is 2.38. The quantitative estimate of drug-likeness (QED) is 0.592. The molecule has 2 amide bonds. The van der Waals surface area contributed by atoms with Crippen LogP contribution in [-0.2, 0) is 0 Å². The monoisotopic (exact) mass is 312 g/mol. The van der Waals surface area contributed by atoms with E-state index >= 15 is 0 Å². The smallest absolute Gasteiger partial charge is 0.328 e. The standard InChI is InChI=1S/C12H17BrN4O/c1-3-7-16-12(18)17(11(14)15)10-8(2)5-4-6-9(10)13/h4-6H,3,7H2,1-2H3,(H3,14,15)(H,16,18). The molecule has 0 aliphatic heterocycles. The molecule has 0 heterocycles. The molecule has 4 N–H and O–H groups in total. The molecular weight excluding hydrogens is 296 g/mol. The Morgan fingerprint density at radius 1 is 1.56 bits per heavy atom. The van der Waals surface area contributed by atoms with Gasteiger partial charge < -0.3 is 11.1 Å². The van der Waals surface area contributed by atoms with Gasteiger partial charge in [0.1, 0.15) is 0 Å². The summed E-state index contributed by atoms with van der Waals surface area (Å²) in [5, 5.41) is 10.3. The molecule has 0 aliphatic carbocycles. The maximum absolute atomic E-state index is 12.0. The van der Waals surface area contributed by atoms with Crippen LogP contribution in [0.15, 0.2) is 22.7 Å². The highest BCUT2D eigenvalue weighted by Gasteiger charge is 2.22. The van der Waals surface area contributed by atoms with Crippen molar-refractivity contribution in [3.8, 4) is 0 Å². The number of aryl methyl sites for hydroxylation is 1. The first kappa shape index (κ1) is 14.5. The lowest BCUT2D eigenvalue weighted by molar-refractivity contribution is 0.249. The van der Waals surface area contributed by atoms with Crippen LogP contribution in [0.4, 0.5) is 10.5 Å². The maximum Gasteiger partial charge on any atom is 0.328 e. The molecule has 1 aromatic rings. The summed E-state index contributed by atoms with van der Waals surface area (Å²) in [5.74, 6) is -0.307. The molecule has 0 aliphatic rings. The van der Waals surface area contributed by atoms with E-state index in [9.17, 15) is 4.79 Å². The van der Waals surface area contributed by atoms with E-state index in [2.05, 4.69) is 21.2 Å². The lowest BCUT2D eigenvalue weighted by Crippen LogP contribution is -2.47. The van der Waals surface area contributed by atoms with Crippen LogP contribution in [0.3, 0.4) is 0 Å². The number of nitrogens with two attached hydrogens (primary N) is 1. The Morgan fingerprint density at radius 2 is 2.22 bits per heavy atom. The molecule has 0 unspecified atom stereocenters. The normalized spacial score (nSPS) is 9.94. The molecule has 1 rings (SSSR count). The third-order valence-corrected chi connectivity index (χ3v) is 3.02. The minimum absolute atomic E-state index is 0.307. The average Bonchev–Trinajstić information content (AvgIpc) is 2.30. The van der Waals surface area contributed by atoms with Crippen molar-refractivity contribution in [2.45, 2.75) is 20.3 Å². The first-order valence-electron chi connectivity index (χ1n) is 5.66. The Balaban J connectivity index is 3.13. The summed E-state index contributed by atoms with van der Waals surface area (Å²) < 4.78 is 0.726. The van der Waals surface area contributed by atoms with Gasteiger partial charge in [-0.15, -0.1) is 0 Å². The molecule has 1 aromatic carbocycles. The van der Waals surface area contributed by atoms with Crippen LogP contribution in [-0.4, -0.2) is 18.5 Å². The van der Waals surface area contributed by atoms with Crippen molar-refractivity contribution in [2.24, 2.45) is 5.73 Å². The number of amides is 2. The summed E-state index contributed by atoms with van der Waals surface area (Å²) in [7, 11) is 0. The van der Waals surface area contributed by atoms with Crippen molar-refractivity contribution in [1.82, 2.24) is 5.32 Å². The fraction of sp³-hybridized carbons (Fsp3) is 0.333. The Kier molecular flexibility index (Phi) is 5.15. The van der Waals surface area contributed by atoms with E-state index in [0.717, 1.165) is 21.4 Å². The van der Waals surface area contributed by atoms with Gasteiger partial charge in [0.15, 0.2) is 0 Å². The third kappa shape index (κ3) is 3.22. The number of halogens is 1. The number of nitrogens with one attached hydrogen (secondary N) is 2. The number of carbonyl (C=O) groups is 1. The average molecular weight is 313 g/mol. The zero-order valence-electron chi connectivity index (χ0n) is 10.5. The topological polar surface area (TPSA) is 82.2 Å². The fourth-order valence-corrected chi connectivity index (χ4v) is 2.19. The van der Waals surface area contributed by atoms with Crippen molar-refractivity contribution >= 4 is 33.6 Å². The zero-order valence-corrected chi connectivity index (χ0v) is 12.0. The molecule has 0 fully saturated rings. The van der Waals surface area contributed by atoms with Crippen molar-refractivity contribution < 1.29 is 4.79 Å². The van der Waals surface area contributed by atoms with Gasteiger partial charge in [0.2, 0.25) is 5.96 Å². The number of guanidine groups is 1. The Hall–Kier alpha value is -1.56. The molecule has 0 aromatic heterocycles. The molecule has 0 saturated carbocycles. The largest absolute Gasteiger partial charge is 0.369 e. The predicted molar refractivity (Wildman–Crippen MR) is 77.0 cm³/mol. The second-order valence-electron chi connectivity index (χ2n) is 3.86. The van der Waals surface area contributed by atoms with E-state index in [-0.39, 0.29) is 12.0 Å². The first-order valence-corrected chi connectivity index (χ1v) is 6.45. The van der Waals surface area contributed by atoms with Crippen LogP contribution in [0.5, 0.6) is 0 Å². The highest BCUT2D eigenvalue weighted by atomic mass is 79.9. The summed E-state index contributed by atoms with van der Waals surface area (Å²) in [6, 6.07) is 5.15. The van der Waals surface area contributed by atoms with E-state index in [4.69, 9.17) is 11.1 Å². The van der Waals surface area contributed by atoms with E-state index < -0.39 is 0 Å². The summed E-state index contributed by atoms with van der Waals surface area (Å²) in [6.07, 6.45) is 0.826. The Morgan fingerprint density at radius 3 is 2.72 bits per heavy atom. The SMILES string of the molecule is CCCNC(=O)N(C(=N)N)c1c(C)cccc1Br. The summed E-state index contributed by atoms with van der Waals surface area (Å²) in [6.45, 7) is 4.37. The van der Waals surface area contributed by atoms with Gasteiger partial charge in [-0.05, 0) is 40.9 Å². The second-order valence-corrected chi connectivity index (χ2v) is 4.71. The van der Waals surface area contributed by atoms with Crippen molar-refractivity contribution in [2.75, 3.05) is 11.4 Å². The van der Waals surface area contributed by atoms with Crippen molar-refractivity contribution in [1.29, 1.82) is 5.41 Å². The number of benzene rings is 1. The number of hydrogen-bond acceptors (Lipinski definition) is 2. The van der Waals surface area contributed by atoms with Crippen molar-refractivity contribution in [3.63, 3.8) is 0 Å². The van der Waals surface area contributed by atoms with Gasteiger partial charge in [-0.25, -0.2) is 9.69 Å². The lowest BCUT2D eigenvalue weighted by atomic mass is 10.2. The zero-order chi connectivity index (χ0) is 13.7. The maximum atomic E-state index is 12.0. The number of rotatable bonds is 3. The number of urea groups is 1. The van der Waals surface area contributed by atoms with Gasteiger partial charge in [0.25, 0.3) is 0 Å². The lowest BCUT2D eigenvalue weighted by Gasteiger charge is -2.24. The van der Waals surface area contributed by atoms with Gasteiger partial charge in [-0.2, -0.15) is 0 Å². The van der Waals surface area contributed by atoms with Gasteiger partial charge >= 0.3 is 6.03 Å². The molecule has 18 heavy (non-hydrogen) atoms. The van der Waals surface area contributed by atoms with E-state index in [1.165, 1.54) is 0 Å². The van der Waals surface area contributed by atoms with Crippen LogP contribution < -0.4 is 16.0 Å². The molecule has 0 radical (unpaired) electrons. The first-order chi connectivity index (χ1) is 8.49. The van der Waals surface area contributed by atoms with Crippen LogP contribution in [0.2, 0.25) is 0 Å². The van der Waals surface area contributed by atoms with Crippen LogP contribution >= 0.6 is 15.9 Å². The highest BCUT2D eigenvalue weighted by Crippen LogP contribution is 2.29. The molecular formula is C12H17BrN4O. The Bertz CT molecular complexity index is 441. The highest BCUT2D eigenvalue weighted by molar-refractivity contribution is 9.10. The summed E-state index contributed by atoms with van der Waals surface area (Å²) in [4.78, 5) is 13.2. The minimum atomic E-state index is -0.389. The van der Waals surface area contributed by atoms with E-state index in [0.29, 0.717) is 12.2 Å². The predicted octanol–water partition coefficient (Wildman–Crippen LogP) is 2.58. The molecule has 0 saturated heterocycles. The molecule has 0 bridgehead atoms. The number of carbonyl (C=O) groups excluding carboxylic acids is 1. The van der Waals surface area contributed by atoms with Crippen molar-refractivity contribution in [3.05, 3.63) is 28.2 Å². The molecule has 0 atom stereocenters. The molecule has 6 heteroatoms. The minimum Gasteiger partial charge on any atom is -0.369 e. The Labute approximate surface area is 115 Å². The number of hydrogen-bond donors (Lipinski definition) is 3. The van der Waals surface area contributed by atoms with Crippen LogP contribution in [0, 0.1) is 12.3 Å². The molecule has 5 nitrogen and oxygen atoms in total. The molecule has 0 spiro atoms. The van der Waals surface area contributed by atoms with Crippen LogP contribution in [0.25, 0.3) is 0 Å². The van der Waals surface area contributed by atoms with E-state index in [1.807, 2.05) is 32.0 Å². The van der Waals surface area contributed by atoms with Gasteiger partial charge in [-0.1, -0.05) is 19.1 Å². The van der Waals surface area contributed by atoms with Gasteiger partial charge in [-0.3, -0.25) is 5.41 Å². The fourth-order valence-electron chi connectivity index (χ4n) is 1.55.